The van der Waals surface area contributed by atoms with Gasteiger partial charge >= 0.3 is 5.97 Å². The maximum atomic E-state index is 12.0. The van der Waals surface area contributed by atoms with E-state index in [4.69, 9.17) is 4.84 Å². The Balaban J connectivity index is 1.29. The van der Waals surface area contributed by atoms with Crippen LogP contribution in [0.2, 0.25) is 0 Å². The molecule has 3 aliphatic heterocycles. The fraction of sp³-hybridized carbons (Fsp3) is 0.679. The van der Waals surface area contributed by atoms with Crippen molar-refractivity contribution in [2.24, 2.45) is 22.0 Å². The highest BCUT2D eigenvalue weighted by Crippen LogP contribution is 2.47. The second-order valence-corrected chi connectivity index (χ2v) is 11.5. The molecule has 194 valence electrons. The van der Waals surface area contributed by atoms with Crippen molar-refractivity contribution in [3.63, 3.8) is 0 Å². The number of hydrogen-bond donors (Lipinski definition) is 2. The summed E-state index contributed by atoms with van der Waals surface area (Å²) in [6, 6.07) is 9.54. The molecule has 3 heterocycles. The maximum absolute atomic E-state index is 12.0. The van der Waals surface area contributed by atoms with Crippen LogP contribution in [0.15, 0.2) is 34.4 Å². The largest absolute Gasteiger partial charge is 0.476 e. The number of aliphatic hydroxyl groups is 1. The van der Waals surface area contributed by atoms with Gasteiger partial charge in [-0.25, -0.2) is 9.79 Å². The number of fused-ring (bicyclic) bond motifs is 5. The van der Waals surface area contributed by atoms with Crippen LogP contribution in [0.5, 0.6) is 0 Å². The van der Waals surface area contributed by atoms with Crippen LogP contribution >= 0.6 is 0 Å². The lowest BCUT2D eigenvalue weighted by molar-refractivity contribution is -0.129. The SMILES string of the molecule is CON=C(C(=O)O)C1=Nc2ccccc2N(C2CC3CCCC(C2)N3C2CC3CCCC(C3)C2)C1O. The van der Waals surface area contributed by atoms with Crippen LogP contribution in [0, 0.1) is 11.8 Å². The average molecular weight is 495 g/mol. The predicted octanol–water partition coefficient (Wildman–Crippen LogP) is 4.34. The van der Waals surface area contributed by atoms with Crippen LogP contribution in [0.4, 0.5) is 11.4 Å². The van der Waals surface area contributed by atoms with Crippen molar-refractivity contribution in [1.29, 1.82) is 0 Å². The molecule has 0 spiro atoms. The molecule has 2 aliphatic carbocycles. The molecule has 5 atom stereocenters. The van der Waals surface area contributed by atoms with Crippen molar-refractivity contribution in [2.75, 3.05) is 12.0 Å². The Morgan fingerprint density at radius 2 is 1.61 bits per heavy atom. The number of para-hydroxylation sites is 2. The van der Waals surface area contributed by atoms with E-state index in [1.807, 2.05) is 29.2 Å². The number of benzene rings is 1. The molecule has 2 saturated carbocycles. The highest BCUT2D eigenvalue weighted by Gasteiger charge is 2.48. The Morgan fingerprint density at radius 1 is 0.944 bits per heavy atom. The highest BCUT2D eigenvalue weighted by molar-refractivity contribution is 6.66. The number of carboxylic acid groups (broad SMARTS) is 1. The molecular weight excluding hydrogens is 456 g/mol. The summed E-state index contributed by atoms with van der Waals surface area (Å²) in [5.74, 6) is 0.554. The topological polar surface area (TPSA) is 98.0 Å². The fourth-order valence-corrected chi connectivity index (χ4v) is 8.24. The molecule has 8 heteroatoms. The van der Waals surface area contributed by atoms with Crippen LogP contribution in [-0.2, 0) is 9.63 Å². The first kappa shape index (κ1) is 23.9. The standard InChI is InChI=1S/C28H38N4O4/c1-36-30-26(28(34)35)25-27(33)32(24-11-3-2-10-23(24)29-25)22-15-19-8-5-9-20(16-22)31(19)21-13-17-6-4-7-18(12-17)14-21/h2-3,10-11,17-22,27,33H,4-9,12-16H2,1H3,(H,34,35). The van der Waals surface area contributed by atoms with Gasteiger partial charge in [0, 0.05) is 24.2 Å². The summed E-state index contributed by atoms with van der Waals surface area (Å²) in [5.41, 5.74) is 1.21. The molecule has 8 nitrogen and oxygen atoms in total. The number of anilines is 1. The van der Waals surface area contributed by atoms with Crippen LogP contribution in [0.25, 0.3) is 0 Å². The third kappa shape index (κ3) is 4.22. The van der Waals surface area contributed by atoms with Crippen LogP contribution in [0.3, 0.4) is 0 Å². The Bertz CT molecular complexity index is 1030. The summed E-state index contributed by atoms with van der Waals surface area (Å²) >= 11 is 0. The summed E-state index contributed by atoms with van der Waals surface area (Å²) in [5, 5.41) is 25.0. The fourth-order valence-electron chi connectivity index (χ4n) is 8.24. The number of piperidine rings is 2. The Labute approximate surface area is 213 Å². The molecule has 2 saturated heterocycles. The summed E-state index contributed by atoms with van der Waals surface area (Å²) in [6.07, 6.45) is 12.8. The molecule has 5 aliphatic rings. The number of carbonyl (C=O) groups is 1. The zero-order valence-corrected chi connectivity index (χ0v) is 21.1. The number of oxime groups is 1. The van der Waals surface area contributed by atoms with E-state index in [1.54, 1.807) is 0 Å². The van der Waals surface area contributed by atoms with Crippen molar-refractivity contribution in [3.8, 4) is 0 Å². The molecule has 2 N–H and O–H groups in total. The van der Waals surface area contributed by atoms with Gasteiger partial charge in [-0.05, 0) is 68.9 Å². The highest BCUT2D eigenvalue weighted by atomic mass is 16.6. The lowest BCUT2D eigenvalue weighted by Gasteiger charge is -2.57. The van der Waals surface area contributed by atoms with Gasteiger partial charge < -0.3 is 20.0 Å². The lowest BCUT2D eigenvalue weighted by atomic mass is 9.68. The second kappa shape index (κ2) is 9.78. The molecule has 0 aromatic heterocycles. The van der Waals surface area contributed by atoms with Gasteiger partial charge in [0.05, 0.1) is 11.4 Å². The Hall–Kier alpha value is -2.45. The van der Waals surface area contributed by atoms with E-state index in [0.717, 1.165) is 30.4 Å². The van der Waals surface area contributed by atoms with Crippen molar-refractivity contribution in [1.82, 2.24) is 4.90 Å². The summed E-state index contributed by atoms with van der Waals surface area (Å²) in [6.45, 7) is 0. The van der Waals surface area contributed by atoms with E-state index >= 15 is 0 Å². The Morgan fingerprint density at radius 3 is 2.28 bits per heavy atom. The summed E-state index contributed by atoms with van der Waals surface area (Å²) < 4.78 is 0. The number of aliphatic hydroxyl groups excluding tert-OH is 1. The summed E-state index contributed by atoms with van der Waals surface area (Å²) in [7, 11) is 1.31. The van der Waals surface area contributed by atoms with Crippen molar-refractivity contribution in [3.05, 3.63) is 24.3 Å². The first-order chi connectivity index (χ1) is 17.5. The van der Waals surface area contributed by atoms with Crippen LogP contribution in [0.1, 0.15) is 70.6 Å². The average Bonchev–Trinajstić information content (AvgIpc) is 2.86. The van der Waals surface area contributed by atoms with Gasteiger partial charge in [-0.3, -0.25) is 4.90 Å². The van der Waals surface area contributed by atoms with Gasteiger partial charge in [0.25, 0.3) is 0 Å². The number of aliphatic carboxylic acids is 1. The van der Waals surface area contributed by atoms with Crippen LogP contribution < -0.4 is 4.90 Å². The monoisotopic (exact) mass is 494 g/mol. The molecule has 1 aromatic carbocycles. The van der Waals surface area contributed by atoms with Crippen molar-refractivity contribution in [2.45, 2.75) is 101 Å². The molecule has 5 unspecified atom stereocenters. The molecule has 0 amide bonds. The zero-order chi connectivity index (χ0) is 24.8. The van der Waals surface area contributed by atoms with E-state index in [9.17, 15) is 15.0 Å². The van der Waals surface area contributed by atoms with Crippen LogP contribution in [-0.4, -0.2) is 70.0 Å². The van der Waals surface area contributed by atoms with Gasteiger partial charge in [-0.15, -0.1) is 0 Å². The van der Waals surface area contributed by atoms with E-state index in [-0.39, 0.29) is 17.5 Å². The quantitative estimate of drug-likeness (QED) is 0.467. The van der Waals surface area contributed by atoms with E-state index < -0.39 is 12.2 Å². The van der Waals surface area contributed by atoms with Gasteiger partial charge in [0.2, 0.25) is 5.71 Å². The Kier molecular flexibility index (Phi) is 6.50. The van der Waals surface area contributed by atoms with E-state index in [0.29, 0.717) is 23.8 Å². The number of carboxylic acids is 1. The minimum atomic E-state index is -1.26. The maximum Gasteiger partial charge on any atom is 0.360 e. The molecule has 1 aromatic rings. The minimum absolute atomic E-state index is 0.0377. The normalized spacial score (nSPS) is 36.6. The predicted molar refractivity (Wildman–Crippen MR) is 139 cm³/mol. The molecule has 0 radical (unpaired) electrons. The van der Waals surface area contributed by atoms with Crippen molar-refractivity contribution >= 4 is 28.8 Å². The smallest absolute Gasteiger partial charge is 0.360 e. The number of hydrogen-bond acceptors (Lipinski definition) is 7. The third-order valence-electron chi connectivity index (χ3n) is 9.46. The third-order valence-corrected chi connectivity index (χ3v) is 9.46. The van der Waals surface area contributed by atoms with Gasteiger partial charge in [-0.2, -0.15) is 0 Å². The number of nitrogens with zero attached hydrogens (tertiary/aromatic N) is 4. The molecule has 6 rings (SSSR count). The molecule has 36 heavy (non-hydrogen) atoms. The molecular formula is C28H38N4O4. The van der Waals surface area contributed by atoms with Gasteiger partial charge in [0.15, 0.2) is 6.23 Å². The van der Waals surface area contributed by atoms with E-state index in [2.05, 4.69) is 15.0 Å². The number of rotatable bonds is 5. The minimum Gasteiger partial charge on any atom is -0.476 e. The van der Waals surface area contributed by atoms with Gasteiger partial charge in [-0.1, -0.05) is 43.0 Å². The lowest BCUT2D eigenvalue weighted by Crippen LogP contribution is -2.63. The first-order valence-corrected chi connectivity index (χ1v) is 13.8. The summed E-state index contributed by atoms with van der Waals surface area (Å²) in [4.78, 5) is 26.2. The number of aliphatic imine (C=N–C) groups is 1. The second-order valence-electron chi connectivity index (χ2n) is 11.5. The molecule has 4 bridgehead atoms. The molecule has 4 fully saturated rings. The van der Waals surface area contributed by atoms with Crippen molar-refractivity contribution < 1.29 is 19.8 Å². The van der Waals surface area contributed by atoms with Gasteiger partial charge in [0.1, 0.15) is 12.8 Å². The first-order valence-electron chi connectivity index (χ1n) is 13.8. The van der Waals surface area contributed by atoms with E-state index in [1.165, 1.54) is 64.9 Å². The zero-order valence-electron chi connectivity index (χ0n) is 21.1.